The predicted molar refractivity (Wildman–Crippen MR) is 107 cm³/mol. The van der Waals surface area contributed by atoms with Crippen LogP contribution in [-0.2, 0) is 11.8 Å². The first-order valence-electron chi connectivity index (χ1n) is 10.1. The van der Waals surface area contributed by atoms with Gasteiger partial charge < -0.3 is 14.7 Å². The number of fused-ring (bicyclic) bond motifs is 3. The van der Waals surface area contributed by atoms with Crippen LogP contribution in [0.1, 0.15) is 49.7 Å². The molecule has 1 N–H and O–H groups in total. The molecule has 144 valence electrons. The molecule has 0 unspecified atom stereocenters. The Morgan fingerprint density at radius 3 is 2.74 bits per heavy atom. The molecule has 0 radical (unpaired) electrons. The van der Waals surface area contributed by atoms with E-state index in [1.807, 2.05) is 24.3 Å². The van der Waals surface area contributed by atoms with Gasteiger partial charge in [0.1, 0.15) is 5.75 Å². The normalized spacial score (nSPS) is 27.1. The van der Waals surface area contributed by atoms with Gasteiger partial charge in [-0.3, -0.25) is 0 Å². The van der Waals surface area contributed by atoms with Gasteiger partial charge in [0.15, 0.2) is 0 Å². The number of pyridine rings is 1. The maximum absolute atomic E-state index is 11.7. The second kappa shape index (κ2) is 7.25. The Bertz CT molecular complexity index is 792. The molecule has 1 saturated carbocycles. The summed E-state index contributed by atoms with van der Waals surface area (Å²) in [6.45, 7) is 0.979. The number of benzene rings is 1. The summed E-state index contributed by atoms with van der Waals surface area (Å²) in [5.74, 6) is 1.42. The van der Waals surface area contributed by atoms with Crippen molar-refractivity contribution in [2.45, 2.75) is 56.0 Å². The molecule has 4 nitrogen and oxygen atoms in total. The molecule has 0 bridgehead atoms. The van der Waals surface area contributed by atoms with Crippen molar-refractivity contribution >= 4 is 0 Å². The van der Waals surface area contributed by atoms with E-state index in [1.54, 1.807) is 6.20 Å². The van der Waals surface area contributed by atoms with Crippen LogP contribution in [0.15, 0.2) is 42.6 Å². The maximum atomic E-state index is 11.7. The number of nitrogens with zero attached hydrogens (tertiary/aromatic N) is 2. The number of aliphatic hydroxyl groups is 1. The lowest BCUT2D eigenvalue weighted by Gasteiger charge is -2.55. The Labute approximate surface area is 162 Å². The Morgan fingerprint density at radius 1 is 1.11 bits per heavy atom. The zero-order chi connectivity index (χ0) is 18.9. The van der Waals surface area contributed by atoms with E-state index in [2.05, 4.69) is 36.1 Å². The van der Waals surface area contributed by atoms with Gasteiger partial charge in [0, 0.05) is 17.7 Å². The molecule has 1 aromatic carbocycles. The number of hydrogen-bond donors (Lipinski definition) is 1. The minimum Gasteiger partial charge on any atom is -0.439 e. The molecule has 2 atom stereocenters. The predicted octanol–water partition coefficient (Wildman–Crippen LogP) is 4.31. The average Bonchev–Trinajstić information content (AvgIpc) is 2.67. The maximum Gasteiger partial charge on any atom is 0.219 e. The number of aromatic nitrogens is 1. The van der Waals surface area contributed by atoms with Gasteiger partial charge in [0.25, 0.3) is 0 Å². The van der Waals surface area contributed by atoms with Crippen molar-refractivity contribution in [3.05, 3.63) is 53.7 Å². The number of ether oxygens (including phenoxy) is 1. The number of hydrogen-bond acceptors (Lipinski definition) is 4. The molecule has 4 rings (SSSR count). The van der Waals surface area contributed by atoms with Crippen molar-refractivity contribution in [3.8, 4) is 11.6 Å². The van der Waals surface area contributed by atoms with E-state index in [9.17, 15) is 5.11 Å². The molecule has 0 amide bonds. The number of rotatable bonds is 5. The summed E-state index contributed by atoms with van der Waals surface area (Å²) in [6.07, 6.45) is 8.80. The van der Waals surface area contributed by atoms with Crippen molar-refractivity contribution in [1.82, 2.24) is 9.88 Å². The first-order valence-corrected chi connectivity index (χ1v) is 10.1. The molecule has 2 aliphatic rings. The van der Waals surface area contributed by atoms with Gasteiger partial charge in [0.05, 0.1) is 5.60 Å². The Hall–Kier alpha value is -1.91. The van der Waals surface area contributed by atoms with Crippen LogP contribution in [-0.4, -0.2) is 41.2 Å². The van der Waals surface area contributed by atoms with Crippen molar-refractivity contribution in [3.63, 3.8) is 0 Å². The summed E-state index contributed by atoms with van der Waals surface area (Å²) in [4.78, 5) is 6.51. The Kier molecular flexibility index (Phi) is 4.95. The van der Waals surface area contributed by atoms with Crippen LogP contribution in [0.3, 0.4) is 0 Å². The summed E-state index contributed by atoms with van der Waals surface area (Å²) in [7, 11) is 4.23. The highest BCUT2D eigenvalue weighted by molar-refractivity contribution is 5.46. The summed E-state index contributed by atoms with van der Waals surface area (Å²) < 4.78 is 6.02. The zero-order valence-corrected chi connectivity index (χ0v) is 16.4. The van der Waals surface area contributed by atoms with E-state index in [0.717, 1.165) is 50.8 Å². The molecule has 1 fully saturated rings. The molecular weight excluding hydrogens is 336 g/mol. The van der Waals surface area contributed by atoms with Gasteiger partial charge in [-0.25, -0.2) is 4.98 Å². The molecule has 1 heterocycles. The fraction of sp³-hybridized carbons (Fsp3) is 0.522. The minimum absolute atomic E-state index is 0.174. The highest BCUT2D eigenvalue weighted by Crippen LogP contribution is 2.55. The molecule has 2 aliphatic carbocycles. The Balaban J connectivity index is 1.74. The third-order valence-corrected chi connectivity index (χ3v) is 6.59. The molecule has 4 heteroatoms. The first-order chi connectivity index (χ1) is 13.0. The molecular formula is C23H30N2O2. The highest BCUT2D eigenvalue weighted by Gasteiger charge is 2.54. The fourth-order valence-corrected chi connectivity index (χ4v) is 5.12. The fourth-order valence-electron chi connectivity index (χ4n) is 5.12. The summed E-state index contributed by atoms with van der Waals surface area (Å²) >= 11 is 0. The van der Waals surface area contributed by atoms with Crippen molar-refractivity contribution in [1.29, 1.82) is 0 Å². The molecule has 2 aromatic rings. The monoisotopic (exact) mass is 366 g/mol. The van der Waals surface area contributed by atoms with Crippen LogP contribution in [0.25, 0.3) is 0 Å². The van der Waals surface area contributed by atoms with Crippen molar-refractivity contribution in [2.24, 2.45) is 0 Å². The average molecular weight is 367 g/mol. The van der Waals surface area contributed by atoms with Crippen LogP contribution in [0, 0.1) is 0 Å². The molecule has 0 saturated heterocycles. The van der Waals surface area contributed by atoms with Crippen LogP contribution in [0.2, 0.25) is 0 Å². The van der Waals surface area contributed by atoms with E-state index < -0.39 is 5.60 Å². The minimum atomic E-state index is -0.599. The number of aryl methyl sites for hydroxylation is 1. The second-order valence-electron chi connectivity index (χ2n) is 8.46. The summed E-state index contributed by atoms with van der Waals surface area (Å²) in [6, 6.07) is 12.1. The van der Waals surface area contributed by atoms with E-state index in [1.165, 1.54) is 17.5 Å². The molecule has 0 spiro atoms. The van der Waals surface area contributed by atoms with Gasteiger partial charge in [-0.05, 0) is 82.1 Å². The van der Waals surface area contributed by atoms with Crippen LogP contribution >= 0.6 is 0 Å². The Morgan fingerprint density at radius 2 is 1.96 bits per heavy atom. The van der Waals surface area contributed by atoms with Gasteiger partial charge in [-0.15, -0.1) is 0 Å². The SMILES string of the molecule is CN(C)CC[C@@]12CCCC[C@]1(O)CCc1ccc(Oc3ccccn3)cc12. The quantitative estimate of drug-likeness (QED) is 0.856. The molecule has 1 aromatic heterocycles. The smallest absolute Gasteiger partial charge is 0.219 e. The lowest BCUT2D eigenvalue weighted by atomic mass is 9.53. The summed E-state index contributed by atoms with van der Waals surface area (Å²) in [5.41, 5.74) is 1.89. The van der Waals surface area contributed by atoms with E-state index >= 15 is 0 Å². The molecule has 0 aliphatic heterocycles. The van der Waals surface area contributed by atoms with Gasteiger partial charge in [-0.2, -0.15) is 0 Å². The van der Waals surface area contributed by atoms with Crippen molar-refractivity contribution in [2.75, 3.05) is 20.6 Å². The largest absolute Gasteiger partial charge is 0.439 e. The third kappa shape index (κ3) is 3.37. The third-order valence-electron chi connectivity index (χ3n) is 6.59. The van der Waals surface area contributed by atoms with E-state index in [4.69, 9.17) is 4.74 Å². The van der Waals surface area contributed by atoms with Gasteiger partial charge >= 0.3 is 0 Å². The highest BCUT2D eigenvalue weighted by atomic mass is 16.5. The van der Waals surface area contributed by atoms with Crippen LogP contribution < -0.4 is 4.74 Å². The van der Waals surface area contributed by atoms with Crippen molar-refractivity contribution < 1.29 is 9.84 Å². The second-order valence-corrected chi connectivity index (χ2v) is 8.46. The van der Waals surface area contributed by atoms with E-state index in [-0.39, 0.29) is 5.41 Å². The van der Waals surface area contributed by atoms with E-state index in [0.29, 0.717) is 5.88 Å². The lowest BCUT2D eigenvalue weighted by molar-refractivity contribution is -0.0887. The topological polar surface area (TPSA) is 45.6 Å². The van der Waals surface area contributed by atoms with Gasteiger partial charge in [0.2, 0.25) is 5.88 Å². The first kappa shape index (κ1) is 18.5. The van der Waals surface area contributed by atoms with Crippen LogP contribution in [0.4, 0.5) is 0 Å². The summed E-state index contributed by atoms with van der Waals surface area (Å²) in [5, 5.41) is 11.7. The standard InChI is InChI=1S/C23H30N2O2/c1-25(2)16-14-22-11-4-5-12-23(22,26)13-10-18-8-9-19(17-20(18)22)27-21-7-3-6-15-24-21/h3,6-9,15,17,26H,4-5,10-14,16H2,1-2H3/t22-,23+/m1/s1. The lowest BCUT2D eigenvalue weighted by Crippen LogP contribution is -2.57. The van der Waals surface area contributed by atoms with Gasteiger partial charge in [-0.1, -0.05) is 25.0 Å². The molecule has 27 heavy (non-hydrogen) atoms. The zero-order valence-electron chi connectivity index (χ0n) is 16.4. The van der Waals surface area contributed by atoms with Crippen LogP contribution in [0.5, 0.6) is 11.6 Å².